The minimum atomic E-state index is 0.182. The normalized spacial score (nSPS) is 32.4. The smallest absolute Gasteiger partial charge is 0.166 e. The molecule has 4 heteroatoms. The lowest BCUT2D eigenvalue weighted by Gasteiger charge is -2.32. The monoisotopic (exact) mass is 274 g/mol. The van der Waals surface area contributed by atoms with Crippen molar-refractivity contribution in [1.29, 1.82) is 0 Å². The summed E-state index contributed by atoms with van der Waals surface area (Å²) in [4.78, 5) is 0. The Kier molecular flexibility index (Phi) is 3.08. The summed E-state index contributed by atoms with van der Waals surface area (Å²) >= 11 is 0. The second-order valence-corrected chi connectivity index (χ2v) is 6.35. The third-order valence-corrected chi connectivity index (χ3v) is 5.33. The van der Waals surface area contributed by atoms with Crippen molar-refractivity contribution in [1.82, 2.24) is 5.43 Å². The van der Waals surface area contributed by atoms with E-state index < -0.39 is 0 Å². The summed E-state index contributed by atoms with van der Waals surface area (Å²) in [7, 11) is 0. The van der Waals surface area contributed by atoms with Crippen molar-refractivity contribution in [3.8, 4) is 11.5 Å². The first-order valence-electron chi connectivity index (χ1n) is 7.71. The fraction of sp³-hybridized carbons (Fsp3) is 0.625. The molecule has 0 radical (unpaired) electrons. The summed E-state index contributed by atoms with van der Waals surface area (Å²) in [5.41, 5.74) is 4.23. The highest BCUT2D eigenvalue weighted by Gasteiger charge is 2.44. The fourth-order valence-corrected chi connectivity index (χ4v) is 4.49. The van der Waals surface area contributed by atoms with Crippen molar-refractivity contribution in [3.63, 3.8) is 0 Å². The van der Waals surface area contributed by atoms with Crippen molar-refractivity contribution < 1.29 is 9.47 Å². The molecule has 2 aliphatic carbocycles. The van der Waals surface area contributed by atoms with Crippen molar-refractivity contribution in [2.45, 2.75) is 31.7 Å². The molecule has 0 amide bonds. The first kappa shape index (κ1) is 12.5. The van der Waals surface area contributed by atoms with E-state index in [-0.39, 0.29) is 6.04 Å². The van der Waals surface area contributed by atoms with Gasteiger partial charge in [0.25, 0.3) is 0 Å². The van der Waals surface area contributed by atoms with Gasteiger partial charge < -0.3 is 9.47 Å². The summed E-state index contributed by atoms with van der Waals surface area (Å²) in [6.07, 6.45) is 5.45. The Hall–Kier alpha value is -1.26. The lowest BCUT2D eigenvalue weighted by molar-refractivity contribution is 0.164. The van der Waals surface area contributed by atoms with Crippen LogP contribution in [-0.4, -0.2) is 13.2 Å². The standard InChI is InChI=1S/C16H22N2O2/c17-18-15(13-9-10-4-5-11(13)8-10)12-2-1-3-14-16(12)20-7-6-19-14/h1-3,10-11,13,15,18H,4-9,17H2. The number of nitrogens with two attached hydrogens (primary N) is 1. The topological polar surface area (TPSA) is 56.5 Å². The Bertz CT molecular complexity index is 505. The number of rotatable bonds is 3. The summed E-state index contributed by atoms with van der Waals surface area (Å²) in [6, 6.07) is 6.33. The first-order valence-corrected chi connectivity index (χ1v) is 7.71. The van der Waals surface area contributed by atoms with Crippen LogP contribution in [0.3, 0.4) is 0 Å². The van der Waals surface area contributed by atoms with E-state index in [0.29, 0.717) is 19.1 Å². The Labute approximate surface area is 119 Å². The zero-order valence-corrected chi connectivity index (χ0v) is 11.7. The zero-order chi connectivity index (χ0) is 13.5. The van der Waals surface area contributed by atoms with Crippen LogP contribution in [0.5, 0.6) is 11.5 Å². The Morgan fingerprint density at radius 1 is 1.15 bits per heavy atom. The summed E-state index contributed by atoms with van der Waals surface area (Å²) in [6.45, 7) is 1.25. The molecule has 3 N–H and O–H groups in total. The number of benzene rings is 1. The minimum absolute atomic E-state index is 0.182. The van der Waals surface area contributed by atoms with Gasteiger partial charge in [0.15, 0.2) is 11.5 Å². The summed E-state index contributed by atoms with van der Waals surface area (Å²) in [5.74, 6) is 10.0. The van der Waals surface area contributed by atoms with E-state index >= 15 is 0 Å². The van der Waals surface area contributed by atoms with Crippen molar-refractivity contribution in [2.75, 3.05) is 13.2 Å². The van der Waals surface area contributed by atoms with E-state index in [2.05, 4.69) is 11.5 Å². The van der Waals surface area contributed by atoms with Crippen LogP contribution in [0, 0.1) is 17.8 Å². The van der Waals surface area contributed by atoms with E-state index in [4.69, 9.17) is 15.3 Å². The van der Waals surface area contributed by atoms with Gasteiger partial charge in [-0.2, -0.15) is 0 Å². The molecule has 2 bridgehead atoms. The molecule has 4 nitrogen and oxygen atoms in total. The first-order chi connectivity index (χ1) is 9.86. The van der Waals surface area contributed by atoms with Crippen LogP contribution in [0.1, 0.15) is 37.3 Å². The van der Waals surface area contributed by atoms with Gasteiger partial charge >= 0.3 is 0 Å². The van der Waals surface area contributed by atoms with E-state index in [1.54, 1.807) is 0 Å². The third kappa shape index (κ3) is 1.90. The van der Waals surface area contributed by atoms with Crippen LogP contribution in [0.15, 0.2) is 18.2 Å². The van der Waals surface area contributed by atoms with E-state index in [1.807, 2.05) is 12.1 Å². The molecule has 2 saturated carbocycles. The van der Waals surface area contributed by atoms with E-state index in [9.17, 15) is 0 Å². The molecule has 1 aliphatic heterocycles. The van der Waals surface area contributed by atoms with E-state index in [1.165, 1.54) is 31.2 Å². The van der Waals surface area contributed by atoms with Gasteiger partial charge in [0.1, 0.15) is 13.2 Å². The maximum atomic E-state index is 5.90. The van der Waals surface area contributed by atoms with E-state index in [0.717, 1.165) is 23.3 Å². The molecule has 0 saturated heterocycles. The number of hydrogen-bond acceptors (Lipinski definition) is 4. The van der Waals surface area contributed by atoms with Crippen LogP contribution in [-0.2, 0) is 0 Å². The molecule has 0 aromatic heterocycles. The molecule has 1 heterocycles. The van der Waals surface area contributed by atoms with Gasteiger partial charge in [-0.05, 0) is 43.1 Å². The average molecular weight is 274 g/mol. The molecular formula is C16H22N2O2. The number of para-hydroxylation sites is 1. The van der Waals surface area contributed by atoms with Crippen molar-refractivity contribution in [2.24, 2.45) is 23.6 Å². The van der Waals surface area contributed by atoms with Crippen molar-refractivity contribution >= 4 is 0 Å². The fourth-order valence-electron chi connectivity index (χ4n) is 4.49. The second kappa shape index (κ2) is 4.93. The predicted octanol–water partition coefficient (Wildman–Crippen LogP) is 2.40. The number of nitrogens with one attached hydrogen (secondary N) is 1. The summed E-state index contributed by atoms with van der Waals surface area (Å²) in [5, 5.41) is 0. The third-order valence-electron chi connectivity index (χ3n) is 5.33. The molecule has 4 atom stereocenters. The minimum Gasteiger partial charge on any atom is -0.486 e. The lowest BCUT2D eigenvalue weighted by Crippen LogP contribution is -2.36. The highest BCUT2D eigenvalue weighted by atomic mass is 16.6. The van der Waals surface area contributed by atoms with Gasteiger partial charge in [0.05, 0.1) is 6.04 Å². The lowest BCUT2D eigenvalue weighted by atomic mass is 9.80. The average Bonchev–Trinajstić information content (AvgIpc) is 3.11. The Morgan fingerprint density at radius 3 is 2.80 bits per heavy atom. The zero-order valence-electron chi connectivity index (χ0n) is 11.7. The maximum Gasteiger partial charge on any atom is 0.166 e. The molecule has 4 rings (SSSR count). The molecule has 4 unspecified atom stereocenters. The van der Waals surface area contributed by atoms with Crippen molar-refractivity contribution in [3.05, 3.63) is 23.8 Å². The number of ether oxygens (including phenoxy) is 2. The molecule has 2 fully saturated rings. The van der Waals surface area contributed by atoms with Gasteiger partial charge in [-0.3, -0.25) is 11.3 Å². The number of hydrogen-bond donors (Lipinski definition) is 2. The molecule has 0 spiro atoms. The Morgan fingerprint density at radius 2 is 2.05 bits per heavy atom. The number of fused-ring (bicyclic) bond motifs is 3. The SMILES string of the molecule is NNC(c1cccc2c1OCCO2)C1CC2CCC1C2. The Balaban J connectivity index is 1.68. The van der Waals surface area contributed by atoms with Gasteiger partial charge in [0, 0.05) is 5.56 Å². The van der Waals surface area contributed by atoms with Crippen LogP contribution < -0.4 is 20.7 Å². The van der Waals surface area contributed by atoms with Gasteiger partial charge in [0.2, 0.25) is 0 Å². The highest BCUT2D eigenvalue weighted by molar-refractivity contribution is 5.49. The highest BCUT2D eigenvalue weighted by Crippen LogP contribution is 2.53. The second-order valence-electron chi connectivity index (χ2n) is 6.35. The van der Waals surface area contributed by atoms with Crippen LogP contribution >= 0.6 is 0 Å². The van der Waals surface area contributed by atoms with Gasteiger partial charge in [-0.15, -0.1) is 0 Å². The van der Waals surface area contributed by atoms with Gasteiger partial charge in [-0.1, -0.05) is 18.6 Å². The van der Waals surface area contributed by atoms with Crippen LogP contribution in [0.2, 0.25) is 0 Å². The predicted molar refractivity (Wildman–Crippen MR) is 76.4 cm³/mol. The molecule has 1 aromatic carbocycles. The quantitative estimate of drug-likeness (QED) is 0.656. The molecule has 108 valence electrons. The van der Waals surface area contributed by atoms with Crippen LogP contribution in [0.4, 0.5) is 0 Å². The molecule has 1 aromatic rings. The summed E-state index contributed by atoms with van der Waals surface area (Å²) < 4.78 is 11.5. The molecular weight excluding hydrogens is 252 g/mol. The van der Waals surface area contributed by atoms with Gasteiger partial charge in [-0.25, -0.2) is 0 Å². The largest absolute Gasteiger partial charge is 0.486 e. The molecule has 20 heavy (non-hydrogen) atoms. The maximum absolute atomic E-state index is 5.90. The molecule has 3 aliphatic rings. The van der Waals surface area contributed by atoms with Crippen LogP contribution in [0.25, 0.3) is 0 Å². The number of hydrazine groups is 1.